The van der Waals surface area contributed by atoms with Crippen molar-refractivity contribution < 1.29 is 18.8 Å². The Balaban J connectivity index is 1.68. The van der Waals surface area contributed by atoms with Crippen molar-refractivity contribution in [1.29, 1.82) is 0 Å². The smallest absolute Gasteiger partial charge is 0.332 e. The van der Waals surface area contributed by atoms with Gasteiger partial charge in [0.2, 0.25) is 11.7 Å². The van der Waals surface area contributed by atoms with Crippen molar-refractivity contribution in [2.45, 2.75) is 30.1 Å². The van der Waals surface area contributed by atoms with Gasteiger partial charge in [0.15, 0.2) is 5.76 Å². The van der Waals surface area contributed by atoms with Gasteiger partial charge in [0.1, 0.15) is 0 Å². The highest BCUT2D eigenvalue weighted by atomic mass is 79.9. The molecule has 1 aromatic carbocycles. The van der Waals surface area contributed by atoms with Crippen LogP contribution in [0.3, 0.4) is 0 Å². The van der Waals surface area contributed by atoms with Crippen LogP contribution in [0.15, 0.2) is 47.1 Å². The lowest BCUT2D eigenvalue weighted by atomic mass is 9.80. The fourth-order valence-corrected chi connectivity index (χ4v) is 4.75. The molecule has 1 aliphatic carbocycles. The molecule has 3 amide bonds. The Morgan fingerprint density at radius 1 is 1.18 bits per heavy atom. The Morgan fingerprint density at radius 2 is 1.93 bits per heavy atom. The average molecular weight is 466 g/mol. The second-order valence-corrected chi connectivity index (χ2v) is 8.78. The second kappa shape index (κ2) is 7.72. The number of alkyl halides is 1. The molecule has 0 N–H and O–H groups in total. The minimum Gasteiger partial charge on any atom is -0.461 e. The third-order valence-corrected chi connectivity index (χ3v) is 6.40. The molecule has 3 unspecified atom stereocenters. The summed E-state index contributed by atoms with van der Waals surface area (Å²) in [6.45, 7) is -0.127. The first-order chi connectivity index (χ1) is 13.5. The van der Waals surface area contributed by atoms with E-state index < -0.39 is 6.03 Å². The predicted molar refractivity (Wildman–Crippen MR) is 108 cm³/mol. The molecule has 2 fully saturated rings. The standard InChI is InChI=1S/C20H18BrClN2O4/c21-12-3-8-16-15(10-12)19(26)24(14-6-4-13(22)5-7-14)20(27)23(16)11-17(25)18-2-1-9-28-18/h1-2,4-7,9,12,15-16H,3,8,10-11H2. The Labute approximate surface area is 175 Å². The number of ketones is 1. The van der Waals surface area contributed by atoms with E-state index in [1.165, 1.54) is 11.2 Å². The summed E-state index contributed by atoms with van der Waals surface area (Å²) in [5.74, 6) is -0.684. The molecule has 0 bridgehead atoms. The van der Waals surface area contributed by atoms with Crippen molar-refractivity contribution in [3.63, 3.8) is 0 Å². The van der Waals surface area contributed by atoms with E-state index in [9.17, 15) is 14.4 Å². The number of benzene rings is 1. The lowest BCUT2D eigenvalue weighted by Gasteiger charge is -2.47. The van der Waals surface area contributed by atoms with E-state index in [-0.39, 0.29) is 40.8 Å². The normalized spacial score (nSPS) is 25.0. The molecule has 146 valence electrons. The van der Waals surface area contributed by atoms with Crippen LogP contribution in [0.2, 0.25) is 5.02 Å². The SMILES string of the molecule is O=C(CN1C(=O)N(c2ccc(Cl)cc2)C(=O)C2CC(Br)CCC21)c1ccco1. The van der Waals surface area contributed by atoms with Gasteiger partial charge in [-0.15, -0.1) is 0 Å². The first-order valence-corrected chi connectivity index (χ1v) is 10.4. The third-order valence-electron chi connectivity index (χ3n) is 5.32. The molecule has 28 heavy (non-hydrogen) atoms. The maximum atomic E-state index is 13.3. The van der Waals surface area contributed by atoms with E-state index in [0.29, 0.717) is 23.6 Å². The third kappa shape index (κ3) is 3.49. The zero-order valence-electron chi connectivity index (χ0n) is 14.9. The molecular formula is C20H18BrClN2O4. The van der Waals surface area contributed by atoms with Gasteiger partial charge in [-0.25, -0.2) is 9.69 Å². The van der Waals surface area contributed by atoms with Crippen molar-refractivity contribution in [2.24, 2.45) is 5.92 Å². The number of carbonyl (C=O) groups excluding carboxylic acids is 3. The first-order valence-electron chi connectivity index (χ1n) is 9.06. The summed E-state index contributed by atoms with van der Waals surface area (Å²) in [6.07, 6.45) is 3.55. The van der Waals surface area contributed by atoms with Crippen molar-refractivity contribution >= 4 is 50.9 Å². The van der Waals surface area contributed by atoms with E-state index in [2.05, 4.69) is 15.9 Å². The Morgan fingerprint density at radius 3 is 2.61 bits per heavy atom. The van der Waals surface area contributed by atoms with Crippen LogP contribution in [0, 0.1) is 5.92 Å². The molecule has 1 saturated carbocycles. The van der Waals surface area contributed by atoms with Crippen molar-refractivity contribution in [3.05, 3.63) is 53.4 Å². The fraction of sp³-hybridized carbons (Fsp3) is 0.350. The van der Waals surface area contributed by atoms with Crippen molar-refractivity contribution in [3.8, 4) is 0 Å². The molecule has 2 heterocycles. The molecule has 4 rings (SSSR count). The number of rotatable bonds is 4. The highest BCUT2D eigenvalue weighted by molar-refractivity contribution is 9.09. The monoisotopic (exact) mass is 464 g/mol. The maximum absolute atomic E-state index is 13.3. The Bertz CT molecular complexity index is 899. The number of carbonyl (C=O) groups is 3. The number of imide groups is 1. The average Bonchev–Trinajstić information content (AvgIpc) is 3.22. The molecule has 0 spiro atoms. The van der Waals surface area contributed by atoms with Gasteiger partial charge >= 0.3 is 6.03 Å². The largest absolute Gasteiger partial charge is 0.461 e. The van der Waals surface area contributed by atoms with Gasteiger partial charge in [-0.1, -0.05) is 27.5 Å². The molecule has 3 atom stereocenters. The minimum absolute atomic E-state index is 0.127. The first kappa shape index (κ1) is 19.2. The maximum Gasteiger partial charge on any atom is 0.332 e. The van der Waals surface area contributed by atoms with Crippen molar-refractivity contribution in [2.75, 3.05) is 11.4 Å². The van der Waals surface area contributed by atoms with Crippen LogP contribution in [0.5, 0.6) is 0 Å². The molecular weight excluding hydrogens is 448 g/mol. The molecule has 1 aromatic heterocycles. The van der Waals surface area contributed by atoms with Crippen LogP contribution in [-0.2, 0) is 4.79 Å². The fourth-order valence-electron chi connectivity index (χ4n) is 3.95. The number of Topliss-reactive ketones (excluding diaryl/α,β-unsaturated/α-hetero) is 1. The number of amides is 3. The number of anilines is 1. The lowest BCUT2D eigenvalue weighted by molar-refractivity contribution is -0.126. The van der Waals surface area contributed by atoms with Gasteiger partial charge in [0, 0.05) is 15.9 Å². The Kier molecular flexibility index (Phi) is 5.29. The van der Waals surface area contributed by atoms with Gasteiger partial charge in [-0.2, -0.15) is 0 Å². The van der Waals surface area contributed by atoms with Gasteiger partial charge < -0.3 is 9.32 Å². The number of hydrogen-bond donors (Lipinski definition) is 0. The predicted octanol–water partition coefficient (Wildman–Crippen LogP) is 4.52. The van der Waals surface area contributed by atoms with Crippen LogP contribution in [0.25, 0.3) is 0 Å². The van der Waals surface area contributed by atoms with Crippen molar-refractivity contribution in [1.82, 2.24) is 4.90 Å². The highest BCUT2D eigenvalue weighted by Crippen LogP contribution is 2.39. The van der Waals surface area contributed by atoms with E-state index in [0.717, 1.165) is 11.3 Å². The topological polar surface area (TPSA) is 70.8 Å². The van der Waals surface area contributed by atoms with E-state index in [4.69, 9.17) is 16.0 Å². The second-order valence-electron chi connectivity index (χ2n) is 7.05. The van der Waals surface area contributed by atoms with Crippen LogP contribution in [0.1, 0.15) is 29.8 Å². The molecule has 1 saturated heterocycles. The number of halogens is 2. The number of hydrogen-bond acceptors (Lipinski definition) is 4. The number of nitrogens with zero attached hydrogens (tertiary/aromatic N) is 2. The van der Waals surface area contributed by atoms with Crippen LogP contribution < -0.4 is 4.90 Å². The molecule has 8 heteroatoms. The van der Waals surface area contributed by atoms with E-state index in [1.807, 2.05) is 0 Å². The summed E-state index contributed by atoms with van der Waals surface area (Å²) in [4.78, 5) is 42.0. The molecule has 6 nitrogen and oxygen atoms in total. The quantitative estimate of drug-likeness (QED) is 0.492. The van der Waals surface area contributed by atoms with Crippen LogP contribution >= 0.6 is 27.5 Å². The zero-order valence-corrected chi connectivity index (χ0v) is 17.2. The number of urea groups is 1. The van der Waals surface area contributed by atoms with Crippen LogP contribution in [-0.4, -0.2) is 40.0 Å². The molecule has 2 aliphatic rings. The van der Waals surface area contributed by atoms with Gasteiger partial charge in [0.25, 0.3) is 0 Å². The summed E-state index contributed by atoms with van der Waals surface area (Å²) in [5, 5.41) is 0.515. The molecule has 2 aromatic rings. The Hall–Kier alpha value is -2.12. The minimum atomic E-state index is -0.485. The number of fused-ring (bicyclic) bond motifs is 1. The summed E-state index contributed by atoms with van der Waals surface area (Å²) < 4.78 is 5.18. The van der Waals surface area contributed by atoms with Crippen LogP contribution in [0.4, 0.5) is 10.5 Å². The summed E-state index contributed by atoms with van der Waals surface area (Å²) in [6, 6.07) is 8.97. The van der Waals surface area contributed by atoms with Gasteiger partial charge in [-0.05, 0) is 55.7 Å². The highest BCUT2D eigenvalue weighted by Gasteiger charge is 2.49. The molecule has 1 aliphatic heterocycles. The summed E-state index contributed by atoms with van der Waals surface area (Å²) in [7, 11) is 0. The number of furan rings is 1. The van der Waals surface area contributed by atoms with E-state index in [1.54, 1.807) is 36.4 Å². The molecule has 0 radical (unpaired) electrons. The zero-order chi connectivity index (χ0) is 19.8. The lowest BCUT2D eigenvalue weighted by Crippen LogP contribution is -2.64. The van der Waals surface area contributed by atoms with Gasteiger partial charge in [-0.3, -0.25) is 9.59 Å². The summed E-state index contributed by atoms with van der Waals surface area (Å²) >= 11 is 9.56. The van der Waals surface area contributed by atoms with Gasteiger partial charge in [0.05, 0.1) is 24.4 Å². The summed E-state index contributed by atoms with van der Waals surface area (Å²) in [5.41, 5.74) is 0.449. The van der Waals surface area contributed by atoms with E-state index >= 15 is 0 Å².